The second kappa shape index (κ2) is 44.2. The van der Waals surface area contributed by atoms with Gasteiger partial charge in [-0.05, 0) is 256 Å². The van der Waals surface area contributed by atoms with Gasteiger partial charge in [0.1, 0.15) is 88.3 Å². The van der Waals surface area contributed by atoms with Crippen LogP contribution >= 0.6 is 71.0 Å². The van der Waals surface area contributed by atoms with Crippen LogP contribution in [0.25, 0.3) is 34.5 Å². The van der Waals surface area contributed by atoms with Crippen LogP contribution in [-0.4, -0.2) is 148 Å². The average Bonchev–Trinajstić information content (AvgIpc) is 1.58. The molecule has 6 aromatic carbocycles. The normalized spacial score (nSPS) is 16.7. The van der Waals surface area contributed by atoms with Gasteiger partial charge in [-0.15, -0.1) is 30.6 Å². The average molecular weight is 2140 g/mol. The van der Waals surface area contributed by atoms with E-state index in [1.807, 2.05) is 150 Å². The maximum atomic E-state index is 14.8. The lowest BCUT2D eigenvalue weighted by molar-refractivity contribution is -0.140. The highest BCUT2D eigenvalue weighted by molar-refractivity contribution is 9.11. The predicted octanol–water partition coefficient (Wildman–Crippen LogP) is 23.0. The molecule has 5 atom stereocenters. The number of carbonyl (C=O) groups excluding carboxylic acids is 5. The summed E-state index contributed by atoms with van der Waals surface area (Å²) < 4.78 is 56.2. The number of esters is 1. The van der Waals surface area contributed by atoms with Crippen LogP contribution in [0.1, 0.15) is 285 Å². The van der Waals surface area contributed by atoms with Gasteiger partial charge in [-0.25, -0.2) is 14.4 Å². The summed E-state index contributed by atoms with van der Waals surface area (Å²) in [5, 5.41) is 27.3. The number of aliphatic imine (C=N–C) groups is 5. The molecular weight excluding hydrogens is 2040 g/mol. The first-order valence-electron chi connectivity index (χ1n) is 48.6. The Kier molecular flexibility index (Phi) is 29.4. The number of rotatable bonds is 24. The molecule has 2 saturated carbocycles. The Morgan fingerprint density at radius 2 is 0.741 bits per heavy atom. The number of imidazole rings is 2. The number of methoxy groups -OCH3 is 1. The van der Waals surface area contributed by atoms with Crippen LogP contribution < -0.4 is 0 Å². The molecule has 9 aromatic heterocycles. The van der Waals surface area contributed by atoms with Crippen LogP contribution in [0.4, 0.5) is 4.39 Å². The minimum Gasteiger partial charge on any atom is -0.469 e. The fraction of sp³-hybridized carbons (Fsp3) is 0.266. The fourth-order valence-corrected chi connectivity index (χ4v) is 19.4. The highest BCUT2D eigenvalue weighted by Crippen LogP contribution is 2.47. The number of pyridine rings is 4. The third kappa shape index (κ3) is 22.0. The molecule has 722 valence electrons. The monoisotopic (exact) mass is 2140 g/mol. The summed E-state index contributed by atoms with van der Waals surface area (Å²) in [6, 6.07) is 56.8. The highest BCUT2D eigenvalue weighted by atomic mass is 79.9. The molecule has 0 N–H and O–H groups in total. The van der Waals surface area contributed by atoms with Crippen molar-refractivity contribution in [3.8, 4) is 28.4 Å². The van der Waals surface area contributed by atoms with E-state index in [0.29, 0.717) is 131 Å². The minimum absolute atomic E-state index is 0.0243. The molecule has 14 heterocycles. The Morgan fingerprint density at radius 3 is 1.13 bits per heavy atom. The summed E-state index contributed by atoms with van der Waals surface area (Å²) in [5.74, 6) is 5.72. The van der Waals surface area contributed by atoms with Gasteiger partial charge in [-0.2, -0.15) is 0 Å². The SMILES string of the molecule is C=Cc1cnc2n1-c1ccc(Br)cc1C(c1ccccn1)=N[C@H]2CCC(C)=O.CC(=O)CC[C@@H]1N=C(c2ccccn2)c2cc(Cl)ccc2-n2c(C3CC3)nnc21.CCc1cnc2n1-c1ccc(Br)cc1C(c1ccccn1)=N[C@H]2CCC(C)=O.COC(=O)CC[C@@H]1N=C(c2ccccc2F)c2cc(Cl)ccc2-n2c(C3CC3)nnc21.[2H]C([2H])([2H])c1nnc2n1-c1ccc(Br)cc1C(c1ccccn1)=N[C@H]2CCC(C)=O. The first-order chi connectivity index (χ1) is 70.6. The van der Waals surface area contributed by atoms with Crippen molar-refractivity contribution in [3.05, 3.63) is 375 Å². The highest BCUT2D eigenvalue weighted by Gasteiger charge is 2.40. The zero-order valence-corrected chi connectivity index (χ0v) is 85.1. The van der Waals surface area contributed by atoms with E-state index in [4.69, 9.17) is 62.0 Å². The molecule has 5 aliphatic heterocycles. The number of aryl methyl sites for hydroxylation is 2. The number of nitrogens with zero attached hydrogens (tertiary/aromatic N) is 22. The Hall–Kier alpha value is -14.1. The fourth-order valence-electron chi connectivity index (χ4n) is 18.0. The van der Waals surface area contributed by atoms with E-state index >= 15 is 0 Å². The Balaban J connectivity index is 0.000000120. The Labute approximate surface area is 864 Å². The number of hydrogen-bond acceptors (Lipinski definition) is 23. The summed E-state index contributed by atoms with van der Waals surface area (Å²) in [6.07, 6.45) is 22.1. The number of hydrogen-bond donors (Lipinski definition) is 0. The molecule has 2 aliphatic carbocycles. The van der Waals surface area contributed by atoms with E-state index in [2.05, 4.69) is 143 Å². The number of fused-ring (bicyclic) bond motifs is 15. The molecule has 22 rings (SSSR count). The minimum atomic E-state index is -2.46. The lowest BCUT2D eigenvalue weighted by Crippen LogP contribution is -2.10. The number of halogens is 6. The molecular formula is C109H98Br3Cl2FN22O6. The van der Waals surface area contributed by atoms with Gasteiger partial charge in [0, 0.05) is 142 Å². The number of carbonyl (C=O) groups is 5. The van der Waals surface area contributed by atoms with E-state index < -0.39 is 18.9 Å². The van der Waals surface area contributed by atoms with Gasteiger partial charge in [0.2, 0.25) is 0 Å². The maximum absolute atomic E-state index is 14.8. The second-order valence-corrected chi connectivity index (χ2v) is 39.0. The van der Waals surface area contributed by atoms with Crippen molar-refractivity contribution in [2.75, 3.05) is 7.11 Å². The van der Waals surface area contributed by atoms with E-state index in [-0.39, 0.29) is 65.3 Å². The first-order valence-corrected chi connectivity index (χ1v) is 50.2. The van der Waals surface area contributed by atoms with E-state index in [0.717, 1.165) is 160 Å². The molecule has 0 saturated heterocycles. The van der Waals surface area contributed by atoms with Crippen LogP contribution in [0.5, 0.6) is 0 Å². The van der Waals surface area contributed by atoms with Crippen molar-refractivity contribution >= 4 is 135 Å². The molecule has 0 radical (unpaired) electrons. The zero-order chi connectivity index (χ0) is 102. The quantitative estimate of drug-likeness (QED) is 0.0507. The molecule has 7 aliphatic rings. The van der Waals surface area contributed by atoms with Crippen LogP contribution in [0, 0.1) is 12.7 Å². The molecule has 28 nitrogen and oxygen atoms in total. The van der Waals surface area contributed by atoms with Gasteiger partial charge in [-0.3, -0.25) is 72.5 Å². The third-order valence-electron chi connectivity index (χ3n) is 25.1. The van der Waals surface area contributed by atoms with Crippen molar-refractivity contribution in [2.45, 2.75) is 180 Å². The molecule has 15 aromatic rings. The van der Waals surface area contributed by atoms with Crippen LogP contribution in [0.3, 0.4) is 0 Å². The van der Waals surface area contributed by atoms with Crippen LogP contribution in [0.2, 0.25) is 10.0 Å². The molecule has 0 amide bonds. The molecule has 0 bridgehead atoms. The third-order valence-corrected chi connectivity index (χ3v) is 27.1. The Bertz CT molecular complexity index is 7690. The van der Waals surface area contributed by atoms with Gasteiger partial charge in [-0.1, -0.05) is 121 Å². The molecule has 0 unspecified atom stereocenters. The smallest absolute Gasteiger partial charge is 0.305 e. The van der Waals surface area contributed by atoms with Gasteiger partial charge < -0.3 is 23.9 Å². The van der Waals surface area contributed by atoms with E-state index in [1.54, 1.807) is 92.7 Å². The van der Waals surface area contributed by atoms with Crippen LogP contribution in [-0.2, 0) is 35.1 Å². The topological polar surface area (TPSA) is 336 Å². The largest absolute Gasteiger partial charge is 0.469 e. The van der Waals surface area contributed by atoms with Crippen molar-refractivity contribution in [1.82, 2.24) is 83.3 Å². The lowest BCUT2D eigenvalue weighted by atomic mass is 9.99. The zero-order valence-electron chi connectivity index (χ0n) is 81.9. The summed E-state index contributed by atoms with van der Waals surface area (Å²) in [4.78, 5) is 111. The van der Waals surface area contributed by atoms with Crippen LogP contribution in [0.15, 0.2) is 270 Å². The van der Waals surface area contributed by atoms with Crippen molar-refractivity contribution in [3.63, 3.8) is 0 Å². The molecule has 0 spiro atoms. The lowest BCUT2D eigenvalue weighted by Gasteiger charge is -2.15. The standard InChI is InChI=1S/C23H20ClFN4O2.C22H21BrN4O.C22H19BrN4O.C22H20ClN5O.C20H18BrN5O/c1-31-20(30)11-9-18-23-28-27-22(13-6-7-13)29(23)19-10-8-14(24)12-16(19)21(26-18)15-4-2-3-5-17(15)25;2*1-3-16-13-25-22-19(9-7-14(2)28)26-21(18-6-4-5-11-24-18)17-12-15(23)8-10-20(17)27(16)22;1-13(29)5-9-18-22-27-26-21(14-6-7-14)28(22)19-10-8-15(23)12-16(19)20(25-18)17-4-2-3-11-24-17;1-12(27)6-8-17-20-25-24-13(2)26(20)18-9-7-14(21)11-15(18)19(23-17)16-5-3-4-10-22-16/h2-5,8,10,12-13,18H,6-7,9,11H2,1H3;4-6,8,10-13,19H,3,7,9H2,1-2H3;3-6,8,10-13,19H,1,7,9H2,2H3;2-4,8,10-12,14,18H,5-7,9H2,1H3;3-5,7,9-11,17H,6,8H2,1-2H3/t18-;2*19-;18-;17-/m00000/s1/i;;;;2D3. The first kappa shape index (κ1) is 95.2. The second-order valence-electron chi connectivity index (χ2n) is 35.3. The van der Waals surface area contributed by atoms with Gasteiger partial charge in [0.15, 0.2) is 17.5 Å². The maximum Gasteiger partial charge on any atom is 0.305 e. The summed E-state index contributed by atoms with van der Waals surface area (Å²) in [5.41, 5.74) is 17.6. The van der Waals surface area contributed by atoms with Crippen molar-refractivity contribution in [2.24, 2.45) is 25.0 Å². The number of benzene rings is 6. The van der Waals surface area contributed by atoms with Crippen molar-refractivity contribution in [1.29, 1.82) is 0 Å². The van der Waals surface area contributed by atoms with E-state index in [9.17, 15) is 28.4 Å². The molecule has 34 heteroatoms. The number of ketones is 4. The predicted molar refractivity (Wildman–Crippen MR) is 559 cm³/mol. The molecule has 143 heavy (non-hydrogen) atoms. The number of ether oxygens (including phenoxy) is 1. The van der Waals surface area contributed by atoms with Gasteiger partial charge in [0.05, 0.1) is 98.8 Å². The summed E-state index contributed by atoms with van der Waals surface area (Å²) in [6.45, 7) is 9.95. The van der Waals surface area contributed by atoms with Crippen molar-refractivity contribution < 1.29 is 37.2 Å². The van der Waals surface area contributed by atoms with Gasteiger partial charge >= 0.3 is 5.97 Å². The Morgan fingerprint density at radius 1 is 0.399 bits per heavy atom. The number of Topliss-reactive ketones (excluding diaryl/α,β-unsaturated/α-hetero) is 4. The van der Waals surface area contributed by atoms with E-state index in [1.165, 1.54) is 20.1 Å². The summed E-state index contributed by atoms with van der Waals surface area (Å²) >= 11 is 23.4. The number of aromatic nitrogens is 17. The summed E-state index contributed by atoms with van der Waals surface area (Å²) in [7, 11) is 1.36. The molecule has 2 fully saturated rings. The van der Waals surface area contributed by atoms with Gasteiger partial charge in [0.25, 0.3) is 0 Å².